The summed E-state index contributed by atoms with van der Waals surface area (Å²) in [6, 6.07) is 10.2. The Hall–Kier alpha value is -1.13. The molecule has 3 N–H and O–H groups in total. The maximum Gasteiger partial charge on any atom is 0.174 e. The third kappa shape index (κ3) is 7.25. The molecule has 7 nitrogen and oxygen atoms in total. The molecule has 0 unspecified atom stereocenters. The van der Waals surface area contributed by atoms with Crippen molar-refractivity contribution in [3.8, 4) is 5.75 Å². The molecule has 10 heteroatoms. The van der Waals surface area contributed by atoms with Gasteiger partial charge in [-0.1, -0.05) is 30.3 Å². The third-order valence-electron chi connectivity index (χ3n) is 4.39. The molecule has 0 bridgehead atoms. The first-order valence-corrected chi connectivity index (χ1v) is 9.94. The Bertz CT molecular complexity index is 737. The molecule has 2 aliphatic heterocycles. The van der Waals surface area contributed by atoms with Crippen LogP contribution in [0.5, 0.6) is 5.75 Å². The van der Waals surface area contributed by atoms with Crippen LogP contribution in [0.3, 0.4) is 0 Å². The molecule has 0 radical (unpaired) electrons. The van der Waals surface area contributed by atoms with Gasteiger partial charge in [-0.3, -0.25) is 0 Å². The topological polar surface area (TPSA) is 91.0 Å². The summed E-state index contributed by atoms with van der Waals surface area (Å²) in [5, 5.41) is 4.30. The highest BCUT2D eigenvalue weighted by molar-refractivity contribution is 7.97. The van der Waals surface area contributed by atoms with E-state index in [0.29, 0.717) is 13.2 Å². The van der Waals surface area contributed by atoms with Crippen LogP contribution in [0.15, 0.2) is 35.4 Å². The van der Waals surface area contributed by atoms with Crippen molar-refractivity contribution in [2.75, 3.05) is 32.8 Å². The average Bonchev–Trinajstić information content (AvgIpc) is 2.70. The quantitative estimate of drug-likeness (QED) is 0.520. The molecule has 29 heavy (non-hydrogen) atoms. The van der Waals surface area contributed by atoms with Crippen LogP contribution in [0, 0.1) is 0 Å². The molecule has 0 amide bonds. The van der Waals surface area contributed by atoms with E-state index in [1.54, 1.807) is 11.9 Å². The number of rotatable bonds is 6. The van der Waals surface area contributed by atoms with E-state index in [2.05, 4.69) is 21.8 Å². The third-order valence-corrected chi connectivity index (χ3v) is 5.46. The second-order valence-corrected chi connectivity index (χ2v) is 7.51. The maximum absolute atomic E-state index is 5.90. The molecule has 0 spiro atoms. The van der Waals surface area contributed by atoms with Crippen molar-refractivity contribution >= 4 is 36.8 Å². The molecular weight excluding hydrogens is 435 g/mol. The van der Waals surface area contributed by atoms with Crippen molar-refractivity contribution in [3.05, 3.63) is 47.4 Å². The summed E-state index contributed by atoms with van der Waals surface area (Å²) >= 11 is 1.68. The number of fused-ring (bicyclic) bond motifs is 1. The van der Waals surface area contributed by atoms with Crippen molar-refractivity contribution in [3.63, 3.8) is 0 Å². The standard InChI is InChI=1S/C19H24N4O2S.2ClH.H2O/c1-2-5-15(6-3-1)13-24-14-17-21-16-7-4-12-25-18(16)19(22-17)26-23-10-8-20-9-11-23;;;/h1-3,5-6,20H,4,7-14H2;2*1H;1H2. The summed E-state index contributed by atoms with van der Waals surface area (Å²) in [5.41, 5.74) is 2.17. The Morgan fingerprint density at radius 3 is 2.59 bits per heavy atom. The van der Waals surface area contributed by atoms with Crippen LogP contribution in [-0.2, 0) is 24.4 Å². The van der Waals surface area contributed by atoms with E-state index in [0.717, 1.165) is 73.5 Å². The summed E-state index contributed by atoms with van der Waals surface area (Å²) in [6.07, 6.45) is 1.95. The highest BCUT2D eigenvalue weighted by atomic mass is 35.5. The first-order valence-electron chi connectivity index (χ1n) is 9.16. The lowest BCUT2D eigenvalue weighted by atomic mass is 10.2. The summed E-state index contributed by atoms with van der Waals surface area (Å²) in [4.78, 5) is 9.44. The number of aryl methyl sites for hydroxylation is 1. The van der Waals surface area contributed by atoms with Gasteiger partial charge in [-0.25, -0.2) is 14.3 Å². The van der Waals surface area contributed by atoms with E-state index in [4.69, 9.17) is 19.4 Å². The summed E-state index contributed by atoms with van der Waals surface area (Å²) in [5.74, 6) is 1.61. The normalized spacial score (nSPS) is 15.7. The molecule has 1 fully saturated rings. The van der Waals surface area contributed by atoms with Crippen LogP contribution in [0.2, 0.25) is 0 Å². The second kappa shape index (κ2) is 13.2. The van der Waals surface area contributed by atoms with Gasteiger partial charge in [-0.05, 0) is 30.4 Å². The van der Waals surface area contributed by atoms with Crippen LogP contribution >= 0.6 is 36.8 Å². The van der Waals surface area contributed by atoms with E-state index in [1.807, 2.05) is 18.2 Å². The Morgan fingerprint density at radius 1 is 1.07 bits per heavy atom. The fraction of sp³-hybridized carbons (Fsp3) is 0.474. The number of halogens is 2. The highest BCUT2D eigenvalue weighted by Gasteiger charge is 2.22. The zero-order chi connectivity index (χ0) is 17.6. The lowest BCUT2D eigenvalue weighted by Crippen LogP contribution is -2.39. The number of nitrogens with zero attached hydrogens (tertiary/aromatic N) is 3. The van der Waals surface area contributed by atoms with Gasteiger partial charge in [0.15, 0.2) is 16.6 Å². The molecule has 4 rings (SSSR count). The van der Waals surface area contributed by atoms with E-state index >= 15 is 0 Å². The van der Waals surface area contributed by atoms with Gasteiger partial charge in [-0.2, -0.15) is 0 Å². The highest BCUT2D eigenvalue weighted by Crippen LogP contribution is 2.35. The average molecular weight is 463 g/mol. The number of aromatic nitrogens is 2. The molecule has 3 heterocycles. The van der Waals surface area contributed by atoms with Gasteiger partial charge < -0.3 is 20.3 Å². The minimum Gasteiger partial charge on any atom is -0.489 e. The smallest absolute Gasteiger partial charge is 0.174 e. The fourth-order valence-corrected chi connectivity index (χ4v) is 4.09. The number of benzene rings is 1. The monoisotopic (exact) mass is 462 g/mol. The molecule has 1 aromatic carbocycles. The predicted octanol–water partition coefficient (Wildman–Crippen LogP) is 2.45. The summed E-state index contributed by atoms with van der Waals surface area (Å²) in [6.45, 7) is 5.75. The number of nitrogens with one attached hydrogen (secondary N) is 1. The van der Waals surface area contributed by atoms with Crippen LogP contribution in [0.1, 0.15) is 23.5 Å². The Balaban J connectivity index is 0.00000140. The van der Waals surface area contributed by atoms with Gasteiger partial charge in [0.25, 0.3) is 0 Å². The zero-order valence-electron chi connectivity index (χ0n) is 16.1. The first kappa shape index (κ1) is 25.9. The number of hydrogen-bond acceptors (Lipinski definition) is 7. The SMILES string of the molecule is Cl.Cl.O.c1ccc(COCc2nc3c(c(SN4CCNCC4)n2)OCCC3)cc1. The Labute approximate surface area is 188 Å². The van der Waals surface area contributed by atoms with Crippen LogP contribution in [0.25, 0.3) is 0 Å². The van der Waals surface area contributed by atoms with Gasteiger partial charge in [0.05, 0.1) is 18.9 Å². The molecule has 0 saturated carbocycles. The van der Waals surface area contributed by atoms with Crippen LogP contribution in [0.4, 0.5) is 0 Å². The van der Waals surface area contributed by atoms with Crippen molar-refractivity contribution < 1.29 is 14.9 Å². The molecule has 2 aromatic rings. The van der Waals surface area contributed by atoms with Crippen molar-refractivity contribution in [1.82, 2.24) is 19.6 Å². The molecule has 1 saturated heterocycles. The van der Waals surface area contributed by atoms with Crippen molar-refractivity contribution in [1.29, 1.82) is 0 Å². The van der Waals surface area contributed by atoms with Crippen molar-refractivity contribution in [2.24, 2.45) is 0 Å². The number of hydrogen-bond donors (Lipinski definition) is 1. The molecular formula is C19H28Cl2N4O3S. The maximum atomic E-state index is 5.90. The second-order valence-electron chi connectivity index (χ2n) is 6.42. The van der Waals surface area contributed by atoms with Gasteiger partial charge in [0, 0.05) is 26.2 Å². The lowest BCUT2D eigenvalue weighted by Gasteiger charge is -2.27. The van der Waals surface area contributed by atoms with E-state index < -0.39 is 0 Å². The summed E-state index contributed by atoms with van der Waals surface area (Å²) in [7, 11) is 0. The van der Waals surface area contributed by atoms with Gasteiger partial charge in [0.1, 0.15) is 6.61 Å². The number of ether oxygens (including phenoxy) is 2. The Morgan fingerprint density at radius 2 is 1.83 bits per heavy atom. The van der Waals surface area contributed by atoms with E-state index in [1.165, 1.54) is 0 Å². The lowest BCUT2D eigenvalue weighted by molar-refractivity contribution is 0.101. The minimum absolute atomic E-state index is 0. The van der Waals surface area contributed by atoms with Gasteiger partial charge in [0.2, 0.25) is 0 Å². The first-order chi connectivity index (χ1) is 12.9. The fourth-order valence-electron chi connectivity index (χ4n) is 3.07. The van der Waals surface area contributed by atoms with Crippen molar-refractivity contribution in [2.45, 2.75) is 31.1 Å². The Kier molecular flexibility index (Phi) is 11.8. The largest absolute Gasteiger partial charge is 0.489 e. The molecule has 0 aliphatic carbocycles. The number of piperazine rings is 1. The minimum atomic E-state index is 0. The van der Waals surface area contributed by atoms with E-state index in [-0.39, 0.29) is 30.3 Å². The van der Waals surface area contributed by atoms with Gasteiger partial charge in [-0.15, -0.1) is 24.8 Å². The predicted molar refractivity (Wildman–Crippen MR) is 119 cm³/mol. The summed E-state index contributed by atoms with van der Waals surface area (Å²) < 4.78 is 14.1. The zero-order valence-corrected chi connectivity index (χ0v) is 18.6. The van der Waals surface area contributed by atoms with Crippen LogP contribution < -0.4 is 10.1 Å². The molecule has 0 atom stereocenters. The van der Waals surface area contributed by atoms with Crippen LogP contribution in [-0.4, -0.2) is 52.5 Å². The molecule has 2 aliphatic rings. The van der Waals surface area contributed by atoms with Gasteiger partial charge >= 0.3 is 0 Å². The molecule has 162 valence electrons. The molecule has 1 aromatic heterocycles. The van der Waals surface area contributed by atoms with E-state index in [9.17, 15) is 0 Å².